The van der Waals surface area contributed by atoms with Gasteiger partial charge in [-0.2, -0.15) is 14.9 Å². The standard InChI is InChI=1S/C33H31N10O/c1-2-30(44)41-18-13-22(20-23(41)12-14-34)38-27-9-6-21-19-24(7-8-25(21)27)43-32(26-5-3-15-36-31(26)35)39-28-10-11-29(40-33(28)43)42-17-4-16-37-42/h2-5,7-8,10-11,15-17,19,22,27,38H,1,6,9,12-13,18,20H2,(H2,35,36)/q+1. The molecule has 0 bridgehead atoms. The van der Waals surface area contributed by atoms with E-state index in [1.54, 1.807) is 21.7 Å². The third kappa shape index (κ3) is 4.85. The third-order valence-corrected chi connectivity index (χ3v) is 8.50. The van der Waals surface area contributed by atoms with Gasteiger partial charge < -0.3 is 11.1 Å². The summed E-state index contributed by atoms with van der Waals surface area (Å²) >= 11 is 0. The van der Waals surface area contributed by atoms with Gasteiger partial charge in [-0.3, -0.25) is 4.57 Å². The van der Waals surface area contributed by atoms with Crippen molar-refractivity contribution in [2.45, 2.75) is 44.2 Å². The number of rotatable bonds is 7. The van der Waals surface area contributed by atoms with Crippen molar-refractivity contribution in [3.05, 3.63) is 90.9 Å². The molecule has 0 saturated carbocycles. The molecule has 3 N–H and O–H groups in total. The van der Waals surface area contributed by atoms with E-state index in [1.165, 1.54) is 17.2 Å². The Balaban J connectivity index is 1.24. The summed E-state index contributed by atoms with van der Waals surface area (Å²) < 4.78 is 5.48. The van der Waals surface area contributed by atoms with Crippen molar-refractivity contribution >= 4 is 28.6 Å². The molecule has 5 heterocycles. The smallest absolute Gasteiger partial charge is 0.383 e. The van der Waals surface area contributed by atoms with Crippen molar-refractivity contribution in [3.63, 3.8) is 0 Å². The number of amides is 1. The largest absolute Gasteiger partial charge is 0.411 e. The summed E-state index contributed by atoms with van der Waals surface area (Å²) in [5.74, 6) is 1.62. The number of hydrogen-bond acceptors (Lipinski definition) is 8. The van der Waals surface area contributed by atoms with Gasteiger partial charge in [0.2, 0.25) is 0 Å². The van der Waals surface area contributed by atoms with Crippen LogP contribution in [0.25, 0.3) is 34.1 Å². The summed E-state index contributed by atoms with van der Waals surface area (Å²) in [6, 6.07) is 18.6. The average molecular weight is 584 g/mol. The number of hydrogen-bond donors (Lipinski definition) is 2. The van der Waals surface area contributed by atoms with E-state index in [2.05, 4.69) is 46.2 Å². The Morgan fingerprint density at radius 3 is 2.89 bits per heavy atom. The first-order chi connectivity index (χ1) is 21.5. The fraction of sp³-hybridized carbons (Fsp3) is 0.242. The molecule has 7 rings (SSSR count). The van der Waals surface area contributed by atoms with E-state index in [1.807, 2.05) is 41.1 Å². The molecule has 2 aliphatic rings. The van der Waals surface area contributed by atoms with Gasteiger partial charge in [0.05, 0.1) is 11.6 Å². The predicted octanol–water partition coefficient (Wildman–Crippen LogP) is 4.07. The lowest BCUT2D eigenvalue weighted by Gasteiger charge is -2.26. The van der Waals surface area contributed by atoms with Crippen molar-refractivity contribution in [1.82, 2.24) is 34.6 Å². The van der Waals surface area contributed by atoms with E-state index >= 15 is 0 Å². The minimum Gasteiger partial charge on any atom is -0.383 e. The number of aromatic nitrogens is 6. The molecule has 44 heavy (non-hydrogen) atoms. The number of nitrogen functional groups attached to an aromatic ring is 1. The Morgan fingerprint density at radius 1 is 1.18 bits per heavy atom. The number of carbonyl (C=O) groups is 1. The second-order valence-electron chi connectivity index (χ2n) is 11.1. The van der Waals surface area contributed by atoms with Gasteiger partial charge in [-0.05, 0) is 66.4 Å². The van der Waals surface area contributed by atoms with E-state index in [0.717, 1.165) is 41.7 Å². The first-order valence-electron chi connectivity index (χ1n) is 14.7. The maximum absolute atomic E-state index is 12.3. The molecule has 1 amide bonds. The zero-order valence-corrected chi connectivity index (χ0v) is 24.1. The van der Waals surface area contributed by atoms with Gasteiger partial charge in [0.1, 0.15) is 17.8 Å². The minimum atomic E-state index is -0.141. The van der Waals surface area contributed by atoms with Crippen LogP contribution in [0.2, 0.25) is 0 Å². The normalized spacial score (nSPS) is 17.9. The van der Waals surface area contributed by atoms with Crippen LogP contribution in [-0.4, -0.2) is 58.1 Å². The van der Waals surface area contributed by atoms with Crippen LogP contribution in [0.15, 0.2) is 79.8 Å². The van der Waals surface area contributed by atoms with Crippen LogP contribution in [0.1, 0.15) is 42.9 Å². The molecule has 1 aliphatic carbocycles. The second kappa shape index (κ2) is 11.3. The Morgan fingerprint density at radius 2 is 2.09 bits per heavy atom. The van der Waals surface area contributed by atoms with Crippen LogP contribution in [-0.2, 0) is 11.2 Å². The summed E-state index contributed by atoms with van der Waals surface area (Å²) in [6.45, 7) is 4.20. The highest BCUT2D eigenvalue weighted by atomic mass is 16.2. The number of anilines is 1. The number of nitrogens with one attached hydrogen (secondary N) is 1. The Kier molecular flexibility index (Phi) is 7.04. The number of nitriles is 1. The van der Waals surface area contributed by atoms with Crippen molar-refractivity contribution in [3.8, 4) is 29.0 Å². The van der Waals surface area contributed by atoms with Gasteiger partial charge in [-0.25, -0.2) is 24.4 Å². The number of pyridine rings is 2. The van der Waals surface area contributed by atoms with Crippen LogP contribution < -0.4 is 11.1 Å². The molecule has 218 valence electrons. The quantitative estimate of drug-likeness (QED) is 0.216. The lowest BCUT2D eigenvalue weighted by molar-refractivity contribution is -0.451. The van der Waals surface area contributed by atoms with Crippen molar-refractivity contribution in [2.75, 3.05) is 12.3 Å². The predicted molar refractivity (Wildman–Crippen MR) is 166 cm³/mol. The van der Waals surface area contributed by atoms with Gasteiger partial charge in [-0.1, -0.05) is 12.6 Å². The Bertz CT molecular complexity index is 1980. The Labute approximate surface area is 254 Å². The van der Waals surface area contributed by atoms with E-state index in [-0.39, 0.29) is 24.4 Å². The highest BCUT2D eigenvalue weighted by molar-refractivity contribution is 5.91. The van der Waals surface area contributed by atoms with Gasteiger partial charge in [-0.15, -0.1) is 0 Å². The van der Waals surface area contributed by atoms with Gasteiger partial charge in [0.15, 0.2) is 29.5 Å². The number of benzene rings is 1. The first kappa shape index (κ1) is 27.4. The van der Waals surface area contributed by atoms with Crippen molar-refractivity contribution in [1.29, 1.82) is 5.26 Å². The topological polar surface area (TPSA) is 143 Å². The number of nitrogens with two attached hydrogens (primary N) is 1. The zero-order valence-electron chi connectivity index (χ0n) is 24.1. The fourth-order valence-corrected chi connectivity index (χ4v) is 6.43. The molecular formula is C33H31N10O+. The van der Waals surface area contributed by atoms with Gasteiger partial charge in [0.25, 0.3) is 0 Å². The molecule has 11 heteroatoms. The van der Waals surface area contributed by atoms with Crippen LogP contribution in [0.4, 0.5) is 5.82 Å². The molecule has 4 aromatic heterocycles. The molecule has 0 spiro atoms. The summed E-state index contributed by atoms with van der Waals surface area (Å²) in [6.07, 6.45) is 10.2. The van der Waals surface area contributed by atoms with Crippen molar-refractivity contribution in [2.24, 2.45) is 0 Å². The molecule has 2 unspecified atom stereocenters. The molecule has 2 atom stereocenters. The van der Waals surface area contributed by atoms with E-state index in [4.69, 9.17) is 15.7 Å². The number of aryl methyl sites for hydroxylation is 1. The van der Waals surface area contributed by atoms with E-state index in [0.29, 0.717) is 36.1 Å². The number of carbonyl (C=O) groups excluding carboxylic acids is 1. The van der Waals surface area contributed by atoms with E-state index in [9.17, 15) is 10.1 Å². The molecular weight excluding hydrogens is 552 g/mol. The summed E-state index contributed by atoms with van der Waals surface area (Å²) in [5, 5.41) is 17.5. The maximum atomic E-state index is 12.3. The number of imidazole rings is 1. The highest BCUT2D eigenvalue weighted by Gasteiger charge is 2.33. The summed E-state index contributed by atoms with van der Waals surface area (Å²) in [5.41, 5.74) is 12.8. The molecule has 0 saturated heterocycles. The van der Waals surface area contributed by atoms with Crippen LogP contribution in [0, 0.1) is 11.3 Å². The third-order valence-electron chi connectivity index (χ3n) is 8.50. The van der Waals surface area contributed by atoms with E-state index < -0.39 is 0 Å². The molecule has 1 aromatic carbocycles. The minimum absolute atomic E-state index is 0.141. The van der Waals surface area contributed by atoms with Gasteiger partial charge in [0, 0.05) is 55.3 Å². The van der Waals surface area contributed by atoms with Gasteiger partial charge >= 0.3 is 5.91 Å². The van der Waals surface area contributed by atoms with Crippen LogP contribution in [0.3, 0.4) is 0 Å². The molecule has 0 fully saturated rings. The Hall–Kier alpha value is -5.47. The van der Waals surface area contributed by atoms with Crippen LogP contribution >= 0.6 is 0 Å². The van der Waals surface area contributed by atoms with Crippen molar-refractivity contribution < 1.29 is 9.37 Å². The van der Waals surface area contributed by atoms with Crippen LogP contribution in [0.5, 0.6) is 0 Å². The molecule has 5 aromatic rings. The summed E-state index contributed by atoms with van der Waals surface area (Å²) in [4.78, 5) is 26.6. The number of fused-ring (bicyclic) bond motifs is 2. The fourth-order valence-electron chi connectivity index (χ4n) is 6.43. The molecule has 0 radical (unpaired) electrons. The molecule has 1 aliphatic heterocycles. The second-order valence-corrected chi connectivity index (χ2v) is 11.1. The monoisotopic (exact) mass is 583 g/mol. The lowest BCUT2D eigenvalue weighted by Crippen LogP contribution is -2.43. The SMILES string of the molecule is C=CC(=O)[N+]1=C(CC#N)CC(NC2CCc3cc(-n4c(-c5cccnc5N)nc5ccc(-n6cccn6)nc54)ccc32)CC1. The molecule has 11 nitrogen and oxygen atoms in total. The first-order valence-corrected chi connectivity index (χ1v) is 14.7. The lowest BCUT2D eigenvalue weighted by atomic mass is 9.98. The zero-order chi connectivity index (χ0) is 30.2. The number of nitrogens with zero attached hydrogens (tertiary/aromatic N) is 8. The maximum Gasteiger partial charge on any atom is 0.411 e. The average Bonchev–Trinajstić information content (AvgIpc) is 3.80. The summed E-state index contributed by atoms with van der Waals surface area (Å²) in [7, 11) is 0. The highest BCUT2D eigenvalue weighted by Crippen LogP contribution is 2.36.